The molecule has 1 aromatic rings. The Hall–Kier alpha value is -0.430. The van der Waals surface area contributed by atoms with E-state index in [0.717, 1.165) is 24.7 Å². The van der Waals surface area contributed by atoms with Gasteiger partial charge in [-0.25, -0.2) is 0 Å². The van der Waals surface area contributed by atoms with Gasteiger partial charge in [-0.15, -0.1) is 35.7 Å². The number of aliphatic imine (C=N–C) groups is 1. The zero-order valence-corrected chi connectivity index (χ0v) is 15.0. The number of benzene rings is 1. The molecular formula is C14H24IN3S. The highest BCUT2D eigenvalue weighted by Crippen LogP contribution is 2.15. The third-order valence-electron chi connectivity index (χ3n) is 2.63. The van der Waals surface area contributed by atoms with Crippen molar-refractivity contribution < 1.29 is 0 Å². The topological polar surface area (TPSA) is 36.4 Å². The van der Waals surface area contributed by atoms with Crippen LogP contribution >= 0.6 is 35.7 Å². The number of rotatable bonds is 6. The summed E-state index contributed by atoms with van der Waals surface area (Å²) in [5, 5.41) is 6.67. The van der Waals surface area contributed by atoms with Crippen LogP contribution in [0.4, 0.5) is 0 Å². The standard InChI is InChI=1S/C14H23N3S.HI/c1-4-12(2)17-14(15-3)16-10-11-18-13-8-6-5-7-9-13;/h5-9,12H,4,10-11H2,1-3H3,(H2,15,16,17);1H. The molecule has 1 rings (SSSR count). The van der Waals surface area contributed by atoms with Gasteiger partial charge in [-0.05, 0) is 25.5 Å². The van der Waals surface area contributed by atoms with E-state index in [1.54, 1.807) is 0 Å². The van der Waals surface area contributed by atoms with Crippen LogP contribution in [0.2, 0.25) is 0 Å². The van der Waals surface area contributed by atoms with Crippen LogP contribution in [0.25, 0.3) is 0 Å². The van der Waals surface area contributed by atoms with E-state index in [2.05, 4.69) is 53.7 Å². The molecule has 2 N–H and O–H groups in total. The van der Waals surface area contributed by atoms with E-state index in [1.807, 2.05) is 24.9 Å². The van der Waals surface area contributed by atoms with Gasteiger partial charge in [0.05, 0.1) is 0 Å². The van der Waals surface area contributed by atoms with E-state index in [4.69, 9.17) is 0 Å². The first kappa shape index (κ1) is 18.6. The Morgan fingerprint density at radius 1 is 1.32 bits per heavy atom. The van der Waals surface area contributed by atoms with Gasteiger partial charge in [-0.3, -0.25) is 4.99 Å². The lowest BCUT2D eigenvalue weighted by molar-refractivity contribution is 0.627. The summed E-state index contributed by atoms with van der Waals surface area (Å²) in [7, 11) is 1.81. The molecule has 0 aliphatic rings. The van der Waals surface area contributed by atoms with Crippen molar-refractivity contribution in [2.45, 2.75) is 31.2 Å². The molecule has 1 atom stereocenters. The largest absolute Gasteiger partial charge is 0.356 e. The molecule has 0 bridgehead atoms. The van der Waals surface area contributed by atoms with Crippen molar-refractivity contribution >= 4 is 41.7 Å². The average Bonchev–Trinajstić information content (AvgIpc) is 2.43. The summed E-state index contributed by atoms with van der Waals surface area (Å²) in [4.78, 5) is 5.52. The van der Waals surface area contributed by atoms with Gasteiger partial charge >= 0.3 is 0 Å². The summed E-state index contributed by atoms with van der Waals surface area (Å²) in [5.74, 6) is 1.92. The number of nitrogens with one attached hydrogen (secondary N) is 2. The van der Waals surface area contributed by atoms with Crippen LogP contribution in [0.3, 0.4) is 0 Å². The van der Waals surface area contributed by atoms with Gasteiger partial charge in [0.1, 0.15) is 0 Å². The van der Waals surface area contributed by atoms with Gasteiger partial charge < -0.3 is 10.6 Å². The number of hydrogen-bond acceptors (Lipinski definition) is 2. The highest BCUT2D eigenvalue weighted by molar-refractivity contribution is 14.0. The molecule has 0 saturated heterocycles. The Labute approximate surface area is 138 Å². The van der Waals surface area contributed by atoms with Crippen LogP contribution < -0.4 is 10.6 Å². The molecule has 19 heavy (non-hydrogen) atoms. The van der Waals surface area contributed by atoms with Crippen molar-refractivity contribution in [1.29, 1.82) is 0 Å². The van der Waals surface area contributed by atoms with Crippen LogP contribution in [-0.2, 0) is 0 Å². The summed E-state index contributed by atoms with van der Waals surface area (Å²) in [6.45, 7) is 5.23. The molecule has 0 spiro atoms. The Kier molecular flexibility index (Phi) is 11.1. The summed E-state index contributed by atoms with van der Waals surface area (Å²) < 4.78 is 0. The van der Waals surface area contributed by atoms with E-state index in [-0.39, 0.29) is 24.0 Å². The monoisotopic (exact) mass is 393 g/mol. The number of nitrogens with zero attached hydrogens (tertiary/aromatic N) is 1. The van der Waals surface area contributed by atoms with Crippen molar-refractivity contribution in [1.82, 2.24) is 10.6 Å². The maximum atomic E-state index is 4.21. The molecule has 0 amide bonds. The third-order valence-corrected chi connectivity index (χ3v) is 3.64. The summed E-state index contributed by atoms with van der Waals surface area (Å²) in [6, 6.07) is 10.9. The normalized spacial score (nSPS) is 12.5. The first-order valence-electron chi connectivity index (χ1n) is 6.41. The quantitative estimate of drug-likeness (QED) is 0.256. The molecule has 5 heteroatoms. The number of hydrogen-bond donors (Lipinski definition) is 2. The van der Waals surface area contributed by atoms with Crippen LogP contribution in [0.15, 0.2) is 40.2 Å². The molecule has 108 valence electrons. The molecule has 0 fully saturated rings. The first-order valence-corrected chi connectivity index (χ1v) is 7.39. The van der Waals surface area contributed by atoms with Crippen molar-refractivity contribution in [3.05, 3.63) is 30.3 Å². The van der Waals surface area contributed by atoms with Crippen molar-refractivity contribution in [2.24, 2.45) is 4.99 Å². The maximum absolute atomic E-state index is 4.21. The van der Waals surface area contributed by atoms with Crippen LogP contribution in [0.5, 0.6) is 0 Å². The Balaban J connectivity index is 0.00000324. The lowest BCUT2D eigenvalue weighted by Crippen LogP contribution is -2.42. The van der Waals surface area contributed by atoms with Gasteiger partial charge in [0.15, 0.2) is 5.96 Å². The molecular weight excluding hydrogens is 369 g/mol. The Morgan fingerprint density at radius 3 is 2.58 bits per heavy atom. The fourth-order valence-electron chi connectivity index (χ4n) is 1.39. The predicted molar refractivity (Wildman–Crippen MR) is 96.8 cm³/mol. The maximum Gasteiger partial charge on any atom is 0.191 e. The lowest BCUT2D eigenvalue weighted by atomic mass is 10.3. The second-order valence-corrected chi connectivity index (χ2v) is 5.28. The molecule has 3 nitrogen and oxygen atoms in total. The molecule has 0 heterocycles. The fourth-order valence-corrected chi connectivity index (χ4v) is 2.17. The summed E-state index contributed by atoms with van der Waals surface area (Å²) in [5.41, 5.74) is 0. The average molecular weight is 393 g/mol. The smallest absolute Gasteiger partial charge is 0.191 e. The predicted octanol–water partition coefficient (Wildman–Crippen LogP) is 3.36. The van der Waals surface area contributed by atoms with E-state index in [1.165, 1.54) is 4.90 Å². The van der Waals surface area contributed by atoms with Crippen molar-refractivity contribution in [3.63, 3.8) is 0 Å². The number of thioether (sulfide) groups is 1. The minimum atomic E-state index is 0. The highest BCUT2D eigenvalue weighted by Gasteiger charge is 2.01. The van der Waals surface area contributed by atoms with Gasteiger partial charge in [0.2, 0.25) is 0 Å². The molecule has 0 saturated carbocycles. The Morgan fingerprint density at radius 2 is 2.00 bits per heavy atom. The molecule has 0 radical (unpaired) electrons. The van der Waals surface area contributed by atoms with Gasteiger partial charge in [0.25, 0.3) is 0 Å². The second-order valence-electron chi connectivity index (χ2n) is 4.11. The lowest BCUT2D eigenvalue weighted by Gasteiger charge is -2.16. The van der Waals surface area contributed by atoms with E-state index in [0.29, 0.717) is 6.04 Å². The summed E-state index contributed by atoms with van der Waals surface area (Å²) >= 11 is 1.85. The molecule has 0 aromatic heterocycles. The number of guanidine groups is 1. The van der Waals surface area contributed by atoms with E-state index >= 15 is 0 Å². The second kappa shape index (κ2) is 11.4. The van der Waals surface area contributed by atoms with Gasteiger partial charge in [-0.1, -0.05) is 25.1 Å². The fraction of sp³-hybridized carbons (Fsp3) is 0.500. The third kappa shape index (κ3) is 8.36. The highest BCUT2D eigenvalue weighted by atomic mass is 127. The SMILES string of the molecule is CCC(C)NC(=NC)NCCSc1ccccc1.I. The van der Waals surface area contributed by atoms with Crippen LogP contribution in [0, 0.1) is 0 Å². The summed E-state index contributed by atoms with van der Waals surface area (Å²) in [6.07, 6.45) is 1.10. The molecule has 1 aromatic carbocycles. The van der Waals surface area contributed by atoms with Crippen LogP contribution in [-0.4, -0.2) is 31.3 Å². The first-order chi connectivity index (χ1) is 8.76. The minimum absolute atomic E-state index is 0. The molecule has 0 aliphatic carbocycles. The van der Waals surface area contributed by atoms with Crippen LogP contribution in [0.1, 0.15) is 20.3 Å². The number of halogens is 1. The van der Waals surface area contributed by atoms with Gasteiger partial charge in [0, 0.05) is 30.3 Å². The minimum Gasteiger partial charge on any atom is -0.356 e. The molecule has 0 aliphatic heterocycles. The molecule has 1 unspecified atom stereocenters. The van der Waals surface area contributed by atoms with E-state index in [9.17, 15) is 0 Å². The zero-order valence-electron chi connectivity index (χ0n) is 11.8. The Bertz CT molecular complexity index is 357. The van der Waals surface area contributed by atoms with Crippen molar-refractivity contribution in [2.75, 3.05) is 19.3 Å². The van der Waals surface area contributed by atoms with Gasteiger partial charge in [-0.2, -0.15) is 0 Å². The zero-order chi connectivity index (χ0) is 13.2. The van der Waals surface area contributed by atoms with Crippen molar-refractivity contribution in [3.8, 4) is 0 Å². The van der Waals surface area contributed by atoms with E-state index < -0.39 is 0 Å².